The van der Waals surface area contributed by atoms with Gasteiger partial charge in [-0.3, -0.25) is 0 Å². The number of fused-ring (bicyclic) bond motifs is 2. The van der Waals surface area contributed by atoms with E-state index in [9.17, 15) is 4.79 Å². The third kappa shape index (κ3) is 3.86. The molecule has 1 amide bonds. The summed E-state index contributed by atoms with van der Waals surface area (Å²) in [6.07, 6.45) is 3.91. The fourth-order valence-corrected chi connectivity index (χ4v) is 4.12. The standard InChI is InChI=1S/C20H30N2O3/c1-13-17(7-6-8-18(13)24-5)21-14-11-15-9-10-16(12-14)22(15)19(23)25-20(2,3)4/h6-8,14-16,21H,9-12H2,1-5H3. The lowest BCUT2D eigenvalue weighted by Crippen LogP contribution is -2.51. The van der Waals surface area contributed by atoms with Crippen LogP contribution >= 0.6 is 0 Å². The van der Waals surface area contributed by atoms with Crippen LogP contribution in [0.3, 0.4) is 0 Å². The second-order valence-electron chi connectivity index (χ2n) is 8.22. The van der Waals surface area contributed by atoms with Crippen molar-refractivity contribution in [2.45, 2.75) is 77.1 Å². The second kappa shape index (κ2) is 6.77. The van der Waals surface area contributed by atoms with Crippen molar-refractivity contribution in [1.82, 2.24) is 4.90 Å². The topological polar surface area (TPSA) is 50.8 Å². The SMILES string of the molecule is COc1cccc(NC2CC3CCC(C2)N3C(=O)OC(C)(C)C)c1C. The van der Waals surface area contributed by atoms with Crippen LogP contribution in [0.25, 0.3) is 0 Å². The number of hydrogen-bond donors (Lipinski definition) is 1. The predicted molar refractivity (Wildman–Crippen MR) is 99.3 cm³/mol. The van der Waals surface area contributed by atoms with E-state index in [1.165, 1.54) is 0 Å². The molecule has 1 N–H and O–H groups in total. The number of hydrogen-bond acceptors (Lipinski definition) is 4. The highest BCUT2D eigenvalue weighted by atomic mass is 16.6. The monoisotopic (exact) mass is 346 g/mol. The summed E-state index contributed by atoms with van der Waals surface area (Å²) in [5, 5.41) is 3.67. The van der Waals surface area contributed by atoms with Crippen LogP contribution in [0.5, 0.6) is 5.75 Å². The quantitative estimate of drug-likeness (QED) is 0.884. The number of methoxy groups -OCH3 is 1. The molecule has 0 aliphatic carbocycles. The molecule has 2 heterocycles. The number of rotatable bonds is 3. The Balaban J connectivity index is 1.67. The lowest BCUT2D eigenvalue weighted by molar-refractivity contribution is 0.00683. The average Bonchev–Trinajstić information content (AvgIpc) is 2.79. The van der Waals surface area contributed by atoms with Crippen molar-refractivity contribution in [1.29, 1.82) is 0 Å². The lowest BCUT2D eigenvalue weighted by atomic mass is 9.97. The van der Waals surface area contributed by atoms with Crippen molar-refractivity contribution in [2.75, 3.05) is 12.4 Å². The van der Waals surface area contributed by atoms with E-state index in [0.717, 1.165) is 42.7 Å². The van der Waals surface area contributed by atoms with Gasteiger partial charge < -0.3 is 19.7 Å². The van der Waals surface area contributed by atoms with Crippen LogP contribution < -0.4 is 10.1 Å². The first-order valence-corrected chi connectivity index (χ1v) is 9.20. The normalized spacial score (nSPS) is 25.6. The zero-order chi connectivity index (χ0) is 18.2. The minimum atomic E-state index is -0.441. The summed E-state index contributed by atoms with van der Waals surface area (Å²) in [6.45, 7) is 7.84. The molecule has 3 rings (SSSR count). The van der Waals surface area contributed by atoms with Crippen LogP contribution in [0, 0.1) is 6.92 Å². The molecule has 2 aliphatic heterocycles. The Labute approximate surface area is 150 Å². The first-order chi connectivity index (χ1) is 11.8. The second-order valence-corrected chi connectivity index (χ2v) is 8.22. The van der Waals surface area contributed by atoms with Crippen molar-refractivity contribution in [3.8, 4) is 5.75 Å². The maximum Gasteiger partial charge on any atom is 0.410 e. The van der Waals surface area contributed by atoms with Crippen LogP contribution in [-0.2, 0) is 4.74 Å². The molecule has 0 radical (unpaired) electrons. The molecular formula is C20H30N2O3. The van der Waals surface area contributed by atoms with Gasteiger partial charge in [-0.2, -0.15) is 0 Å². The number of carbonyl (C=O) groups excluding carboxylic acids is 1. The van der Waals surface area contributed by atoms with Gasteiger partial charge in [0.15, 0.2) is 0 Å². The summed E-state index contributed by atoms with van der Waals surface area (Å²) in [5.41, 5.74) is 1.81. The van der Waals surface area contributed by atoms with E-state index in [2.05, 4.69) is 18.3 Å². The Bertz CT molecular complexity index is 624. The van der Waals surface area contributed by atoms with E-state index in [4.69, 9.17) is 9.47 Å². The molecule has 25 heavy (non-hydrogen) atoms. The van der Waals surface area contributed by atoms with Gasteiger partial charge in [0.25, 0.3) is 0 Å². The van der Waals surface area contributed by atoms with E-state index in [0.29, 0.717) is 6.04 Å². The van der Waals surface area contributed by atoms with Crippen molar-refractivity contribution in [3.05, 3.63) is 23.8 Å². The number of anilines is 1. The molecule has 0 aromatic heterocycles. The Morgan fingerprint density at radius 1 is 1.20 bits per heavy atom. The summed E-state index contributed by atoms with van der Waals surface area (Å²) in [6, 6.07) is 7.02. The first-order valence-electron chi connectivity index (χ1n) is 9.20. The molecule has 2 unspecified atom stereocenters. The van der Waals surface area contributed by atoms with Crippen LogP contribution in [0.4, 0.5) is 10.5 Å². The van der Waals surface area contributed by atoms with E-state index in [-0.39, 0.29) is 18.2 Å². The molecular weight excluding hydrogens is 316 g/mol. The molecule has 2 aliphatic rings. The number of carbonyl (C=O) groups is 1. The van der Waals surface area contributed by atoms with E-state index >= 15 is 0 Å². The van der Waals surface area contributed by atoms with Gasteiger partial charge in [-0.1, -0.05) is 6.07 Å². The maximum absolute atomic E-state index is 12.5. The molecule has 2 atom stereocenters. The highest BCUT2D eigenvalue weighted by Crippen LogP contribution is 2.38. The third-order valence-corrected chi connectivity index (χ3v) is 5.20. The van der Waals surface area contributed by atoms with Gasteiger partial charge in [0.2, 0.25) is 0 Å². The van der Waals surface area contributed by atoms with Gasteiger partial charge in [-0.15, -0.1) is 0 Å². The molecule has 5 heteroatoms. The molecule has 1 aromatic rings. The molecule has 1 aromatic carbocycles. The first kappa shape index (κ1) is 17.9. The third-order valence-electron chi connectivity index (χ3n) is 5.20. The van der Waals surface area contributed by atoms with E-state index in [1.807, 2.05) is 37.8 Å². The Hall–Kier alpha value is -1.91. The van der Waals surface area contributed by atoms with Crippen LogP contribution in [0.2, 0.25) is 0 Å². The summed E-state index contributed by atoms with van der Waals surface area (Å²) in [7, 11) is 1.70. The molecule has 5 nitrogen and oxygen atoms in total. The van der Waals surface area contributed by atoms with Gasteiger partial charge in [-0.05, 0) is 65.5 Å². The predicted octanol–water partition coefficient (Wildman–Crippen LogP) is 4.35. The van der Waals surface area contributed by atoms with E-state index in [1.54, 1.807) is 7.11 Å². The number of amides is 1. The van der Waals surface area contributed by atoms with Crippen molar-refractivity contribution in [3.63, 3.8) is 0 Å². The minimum absolute atomic E-state index is 0.156. The highest BCUT2D eigenvalue weighted by Gasteiger charge is 2.44. The minimum Gasteiger partial charge on any atom is -0.496 e. The summed E-state index contributed by atoms with van der Waals surface area (Å²) >= 11 is 0. The Kier molecular flexibility index (Phi) is 4.85. The van der Waals surface area contributed by atoms with Gasteiger partial charge >= 0.3 is 6.09 Å². The maximum atomic E-state index is 12.5. The van der Waals surface area contributed by atoms with Gasteiger partial charge in [0, 0.05) is 29.4 Å². The molecule has 0 spiro atoms. The number of nitrogens with one attached hydrogen (secondary N) is 1. The molecule has 138 valence electrons. The number of nitrogens with zero attached hydrogens (tertiary/aromatic N) is 1. The fraction of sp³-hybridized carbons (Fsp3) is 0.650. The molecule has 2 saturated heterocycles. The molecule has 0 saturated carbocycles. The van der Waals surface area contributed by atoms with Crippen LogP contribution in [0.15, 0.2) is 18.2 Å². The van der Waals surface area contributed by atoms with Gasteiger partial charge in [0.1, 0.15) is 11.4 Å². The highest BCUT2D eigenvalue weighted by molar-refractivity contribution is 5.70. The molecule has 2 bridgehead atoms. The van der Waals surface area contributed by atoms with Crippen LogP contribution in [-0.4, -0.2) is 41.8 Å². The van der Waals surface area contributed by atoms with Gasteiger partial charge in [-0.25, -0.2) is 4.79 Å². The van der Waals surface area contributed by atoms with E-state index < -0.39 is 5.60 Å². The number of piperidine rings is 1. The Morgan fingerprint density at radius 3 is 2.40 bits per heavy atom. The van der Waals surface area contributed by atoms with Crippen molar-refractivity contribution in [2.24, 2.45) is 0 Å². The Morgan fingerprint density at radius 2 is 1.84 bits per heavy atom. The number of ether oxygens (including phenoxy) is 2. The van der Waals surface area contributed by atoms with Crippen LogP contribution in [0.1, 0.15) is 52.0 Å². The smallest absolute Gasteiger partial charge is 0.410 e. The fourth-order valence-electron chi connectivity index (χ4n) is 4.12. The zero-order valence-electron chi connectivity index (χ0n) is 16.0. The summed E-state index contributed by atoms with van der Waals surface area (Å²) in [4.78, 5) is 14.5. The zero-order valence-corrected chi connectivity index (χ0v) is 16.0. The van der Waals surface area contributed by atoms with Crippen molar-refractivity contribution >= 4 is 11.8 Å². The summed E-state index contributed by atoms with van der Waals surface area (Å²) in [5.74, 6) is 0.902. The number of benzene rings is 1. The average molecular weight is 346 g/mol. The lowest BCUT2D eigenvalue weighted by Gasteiger charge is -2.40. The largest absolute Gasteiger partial charge is 0.496 e. The van der Waals surface area contributed by atoms with Gasteiger partial charge in [0.05, 0.1) is 7.11 Å². The summed E-state index contributed by atoms with van der Waals surface area (Å²) < 4.78 is 11.0. The molecule has 2 fully saturated rings. The van der Waals surface area contributed by atoms with Crippen molar-refractivity contribution < 1.29 is 14.3 Å².